The molecule has 0 bridgehead atoms. The van der Waals surface area contributed by atoms with Crippen LogP contribution in [0.25, 0.3) is 44.4 Å². The van der Waals surface area contributed by atoms with Gasteiger partial charge in [0.25, 0.3) is 0 Å². The fourth-order valence-corrected chi connectivity index (χ4v) is 3.93. The Hall–Kier alpha value is -3.91. The van der Waals surface area contributed by atoms with Crippen LogP contribution in [-0.2, 0) is 0 Å². The van der Waals surface area contributed by atoms with Crippen molar-refractivity contribution in [1.29, 1.82) is 0 Å². The summed E-state index contributed by atoms with van der Waals surface area (Å²) in [4.78, 5) is 5.23. The van der Waals surface area contributed by atoms with Gasteiger partial charge in [-0.05, 0) is 35.2 Å². The van der Waals surface area contributed by atoms with Crippen molar-refractivity contribution >= 4 is 10.8 Å². The monoisotopic (exact) mass is 387 g/mol. The number of ether oxygens (including phenoxy) is 1. The largest absolute Gasteiger partial charge is 0.497 e. The van der Waals surface area contributed by atoms with Gasteiger partial charge in [0.2, 0.25) is 0 Å². The van der Waals surface area contributed by atoms with Crippen molar-refractivity contribution in [3.63, 3.8) is 0 Å². The second-order valence-corrected chi connectivity index (χ2v) is 7.19. The molecular formula is C28H21NO. The van der Waals surface area contributed by atoms with Crippen LogP contribution in [0.3, 0.4) is 0 Å². The van der Waals surface area contributed by atoms with Gasteiger partial charge in [0.1, 0.15) is 5.75 Å². The first-order valence-electron chi connectivity index (χ1n) is 10.0. The maximum atomic E-state index is 5.36. The van der Waals surface area contributed by atoms with E-state index in [2.05, 4.69) is 84.9 Å². The predicted octanol–water partition coefficient (Wildman–Crippen LogP) is 7.24. The molecule has 1 aromatic heterocycles. The number of methoxy groups -OCH3 is 1. The summed E-state index contributed by atoms with van der Waals surface area (Å²) in [6.45, 7) is 0. The smallest absolute Gasteiger partial charge is 0.118 e. The average molecular weight is 387 g/mol. The summed E-state index contributed by atoms with van der Waals surface area (Å²) in [7, 11) is 1.69. The number of hydrogen-bond donors (Lipinski definition) is 0. The maximum Gasteiger partial charge on any atom is 0.118 e. The molecule has 0 N–H and O–H groups in total. The van der Waals surface area contributed by atoms with Crippen molar-refractivity contribution in [1.82, 2.24) is 4.98 Å². The Bertz CT molecular complexity index is 1290. The quantitative estimate of drug-likeness (QED) is 0.324. The Morgan fingerprint density at radius 2 is 1.03 bits per heavy atom. The van der Waals surface area contributed by atoms with E-state index in [1.807, 2.05) is 24.3 Å². The van der Waals surface area contributed by atoms with Crippen LogP contribution in [0.4, 0.5) is 0 Å². The van der Waals surface area contributed by atoms with Gasteiger partial charge in [-0.2, -0.15) is 0 Å². The van der Waals surface area contributed by atoms with Gasteiger partial charge in [0, 0.05) is 22.1 Å². The van der Waals surface area contributed by atoms with Crippen LogP contribution in [0.2, 0.25) is 0 Å². The molecule has 0 saturated heterocycles. The van der Waals surface area contributed by atoms with Crippen molar-refractivity contribution < 1.29 is 4.74 Å². The Morgan fingerprint density at radius 3 is 1.67 bits per heavy atom. The van der Waals surface area contributed by atoms with Gasteiger partial charge in [-0.15, -0.1) is 0 Å². The molecule has 0 saturated carbocycles. The Kier molecular flexibility index (Phi) is 4.74. The fourth-order valence-electron chi connectivity index (χ4n) is 3.93. The molecule has 0 aliphatic heterocycles. The molecular weight excluding hydrogens is 366 g/mol. The maximum absolute atomic E-state index is 5.36. The first kappa shape index (κ1) is 18.1. The first-order valence-corrected chi connectivity index (χ1v) is 10.0. The van der Waals surface area contributed by atoms with Crippen LogP contribution in [0, 0.1) is 0 Å². The minimum Gasteiger partial charge on any atom is -0.497 e. The van der Waals surface area contributed by atoms with E-state index in [0.717, 1.165) is 44.8 Å². The lowest BCUT2D eigenvalue weighted by Crippen LogP contribution is -1.96. The minimum absolute atomic E-state index is 0.837. The van der Waals surface area contributed by atoms with Gasteiger partial charge in [0.15, 0.2) is 0 Å². The summed E-state index contributed by atoms with van der Waals surface area (Å²) in [6, 6.07) is 37.6. The number of nitrogens with zero attached hydrogens (tertiary/aromatic N) is 1. The Balaban J connectivity index is 1.88. The Morgan fingerprint density at radius 1 is 0.500 bits per heavy atom. The lowest BCUT2D eigenvalue weighted by molar-refractivity contribution is 0.415. The van der Waals surface area contributed by atoms with Gasteiger partial charge in [-0.25, -0.2) is 4.98 Å². The normalized spacial score (nSPS) is 10.8. The van der Waals surface area contributed by atoms with Crippen LogP contribution >= 0.6 is 0 Å². The molecule has 0 aliphatic carbocycles. The van der Waals surface area contributed by atoms with Crippen LogP contribution in [0.5, 0.6) is 5.75 Å². The predicted molar refractivity (Wildman–Crippen MR) is 125 cm³/mol. The lowest BCUT2D eigenvalue weighted by Gasteiger charge is -2.17. The number of hydrogen-bond acceptors (Lipinski definition) is 2. The van der Waals surface area contributed by atoms with Crippen LogP contribution in [0.15, 0.2) is 109 Å². The SMILES string of the molecule is COc1ccc(-c2nc(-c3ccccc3)c3ccccc3c2-c2ccccc2)cc1. The van der Waals surface area contributed by atoms with Gasteiger partial charge in [0.05, 0.1) is 18.5 Å². The van der Waals surface area contributed by atoms with Gasteiger partial charge in [-0.3, -0.25) is 0 Å². The van der Waals surface area contributed by atoms with Crippen molar-refractivity contribution in [3.8, 4) is 39.4 Å². The number of benzene rings is 4. The molecule has 5 rings (SSSR count). The number of aromatic nitrogens is 1. The summed E-state index contributed by atoms with van der Waals surface area (Å²) < 4.78 is 5.36. The molecule has 0 fully saturated rings. The van der Waals surface area contributed by atoms with Crippen molar-refractivity contribution in [2.45, 2.75) is 0 Å². The Labute approximate surface area is 176 Å². The third-order valence-corrected chi connectivity index (χ3v) is 5.39. The highest BCUT2D eigenvalue weighted by molar-refractivity contribution is 6.08. The van der Waals surface area contributed by atoms with E-state index in [1.165, 1.54) is 5.39 Å². The molecule has 0 radical (unpaired) electrons. The van der Waals surface area contributed by atoms with E-state index in [9.17, 15) is 0 Å². The van der Waals surface area contributed by atoms with E-state index in [4.69, 9.17) is 9.72 Å². The summed E-state index contributed by atoms with van der Waals surface area (Å²) in [6.07, 6.45) is 0. The molecule has 4 aromatic carbocycles. The summed E-state index contributed by atoms with van der Waals surface area (Å²) in [5.74, 6) is 0.837. The topological polar surface area (TPSA) is 22.1 Å². The van der Waals surface area contributed by atoms with Crippen molar-refractivity contribution in [2.75, 3.05) is 7.11 Å². The highest BCUT2D eigenvalue weighted by Crippen LogP contribution is 2.40. The van der Waals surface area contributed by atoms with E-state index < -0.39 is 0 Å². The second-order valence-electron chi connectivity index (χ2n) is 7.19. The molecule has 0 aliphatic rings. The molecule has 2 nitrogen and oxygen atoms in total. The third-order valence-electron chi connectivity index (χ3n) is 5.39. The van der Waals surface area contributed by atoms with E-state index in [-0.39, 0.29) is 0 Å². The van der Waals surface area contributed by atoms with Gasteiger partial charge in [-0.1, -0.05) is 84.9 Å². The zero-order valence-electron chi connectivity index (χ0n) is 16.7. The fraction of sp³-hybridized carbons (Fsp3) is 0.0357. The molecule has 0 atom stereocenters. The zero-order chi connectivity index (χ0) is 20.3. The number of fused-ring (bicyclic) bond motifs is 1. The molecule has 144 valence electrons. The summed E-state index contributed by atoms with van der Waals surface area (Å²) in [5, 5.41) is 2.35. The molecule has 0 unspecified atom stereocenters. The van der Waals surface area contributed by atoms with E-state index in [0.29, 0.717) is 0 Å². The molecule has 0 spiro atoms. The summed E-state index contributed by atoms with van der Waals surface area (Å²) in [5.41, 5.74) is 6.46. The molecule has 5 aromatic rings. The molecule has 1 heterocycles. The second kappa shape index (κ2) is 7.84. The van der Waals surface area contributed by atoms with Gasteiger partial charge >= 0.3 is 0 Å². The standard InChI is InChI=1S/C28H21NO/c1-30-23-18-16-22(17-19-23)28-26(20-10-4-2-5-11-20)24-14-8-9-15-25(24)27(29-28)21-12-6-3-7-13-21/h2-19H,1H3. The molecule has 0 amide bonds. The number of pyridine rings is 1. The molecule has 2 heteroatoms. The highest BCUT2D eigenvalue weighted by Gasteiger charge is 2.17. The van der Waals surface area contributed by atoms with Crippen molar-refractivity contribution in [2.24, 2.45) is 0 Å². The summed E-state index contributed by atoms with van der Waals surface area (Å²) >= 11 is 0. The molecule has 30 heavy (non-hydrogen) atoms. The van der Waals surface area contributed by atoms with Crippen LogP contribution in [-0.4, -0.2) is 12.1 Å². The number of rotatable bonds is 4. The van der Waals surface area contributed by atoms with Crippen molar-refractivity contribution in [3.05, 3.63) is 109 Å². The average Bonchev–Trinajstić information content (AvgIpc) is 2.84. The minimum atomic E-state index is 0.837. The van der Waals surface area contributed by atoms with Gasteiger partial charge < -0.3 is 4.74 Å². The first-order chi connectivity index (χ1) is 14.8. The van der Waals surface area contributed by atoms with Crippen LogP contribution in [0.1, 0.15) is 0 Å². The van der Waals surface area contributed by atoms with E-state index >= 15 is 0 Å². The van der Waals surface area contributed by atoms with E-state index in [1.54, 1.807) is 7.11 Å². The zero-order valence-corrected chi connectivity index (χ0v) is 16.7. The lowest BCUT2D eigenvalue weighted by atomic mass is 9.91. The highest BCUT2D eigenvalue weighted by atomic mass is 16.5. The van der Waals surface area contributed by atoms with Crippen LogP contribution < -0.4 is 4.74 Å². The third kappa shape index (κ3) is 3.23.